The number of hydrogen-bond donors (Lipinski definition) is 1. The second-order valence-electron chi connectivity index (χ2n) is 7.39. The van der Waals surface area contributed by atoms with Crippen LogP contribution in [0.2, 0.25) is 0 Å². The van der Waals surface area contributed by atoms with Gasteiger partial charge in [0.05, 0.1) is 19.0 Å². The molecule has 0 aliphatic carbocycles. The Morgan fingerprint density at radius 1 is 1.00 bits per heavy atom. The molecule has 2 aromatic carbocycles. The summed E-state index contributed by atoms with van der Waals surface area (Å²) in [4.78, 5) is 24.3. The molecule has 1 N–H and O–H groups in total. The fraction of sp³-hybridized carbons (Fsp3) is 0.115. The van der Waals surface area contributed by atoms with E-state index in [9.17, 15) is 9.59 Å². The lowest BCUT2D eigenvalue weighted by atomic mass is 10.1. The largest absolute Gasteiger partial charge is 0.346 e. The van der Waals surface area contributed by atoms with Gasteiger partial charge in [0, 0.05) is 53.2 Å². The van der Waals surface area contributed by atoms with Gasteiger partial charge in [-0.3, -0.25) is 9.59 Å². The number of aromatic nitrogens is 2. The van der Waals surface area contributed by atoms with Crippen molar-refractivity contribution in [2.45, 2.75) is 19.5 Å². The summed E-state index contributed by atoms with van der Waals surface area (Å²) in [5.74, 6) is -0.231. The summed E-state index contributed by atoms with van der Waals surface area (Å²) >= 11 is 0. The molecule has 4 rings (SSSR count). The number of benzene rings is 2. The molecule has 0 bridgehead atoms. The minimum atomic E-state index is -0.231. The van der Waals surface area contributed by atoms with Crippen LogP contribution in [0.4, 0.5) is 5.69 Å². The van der Waals surface area contributed by atoms with E-state index in [4.69, 9.17) is 5.26 Å². The third kappa shape index (κ3) is 4.85. The molecule has 0 unspecified atom stereocenters. The Balaban J connectivity index is 1.43. The van der Waals surface area contributed by atoms with Gasteiger partial charge in [-0.2, -0.15) is 5.26 Å². The second-order valence-corrected chi connectivity index (χ2v) is 7.39. The van der Waals surface area contributed by atoms with Gasteiger partial charge in [0.1, 0.15) is 0 Å². The third-order valence-corrected chi connectivity index (χ3v) is 5.17. The van der Waals surface area contributed by atoms with Crippen LogP contribution in [0.3, 0.4) is 0 Å². The fourth-order valence-electron chi connectivity index (χ4n) is 3.59. The third-order valence-electron chi connectivity index (χ3n) is 5.17. The maximum Gasteiger partial charge on any atom is 0.250 e. The van der Waals surface area contributed by atoms with E-state index in [2.05, 4.69) is 11.4 Å². The number of hydrogen-bond acceptors (Lipinski definition) is 3. The Kier molecular flexibility index (Phi) is 6.28. The van der Waals surface area contributed by atoms with Crippen molar-refractivity contribution in [2.75, 3.05) is 5.32 Å². The van der Waals surface area contributed by atoms with Gasteiger partial charge in [0.15, 0.2) is 0 Å². The zero-order chi connectivity index (χ0) is 22.3. The second kappa shape index (κ2) is 9.63. The molecule has 0 spiro atoms. The van der Waals surface area contributed by atoms with Crippen molar-refractivity contribution >= 4 is 28.6 Å². The van der Waals surface area contributed by atoms with Crippen molar-refractivity contribution in [1.82, 2.24) is 9.13 Å². The maximum atomic E-state index is 12.4. The SMILES string of the molecule is N#CCCn1cc(/C=C/C(=O)Nc2ccc(Cn3ccccc3=O)cc2)c2ccccc21. The normalized spacial score (nSPS) is 11.0. The molecule has 0 aliphatic heterocycles. The summed E-state index contributed by atoms with van der Waals surface area (Å²) in [6.45, 7) is 1.09. The molecule has 2 aromatic heterocycles. The zero-order valence-electron chi connectivity index (χ0n) is 17.4. The van der Waals surface area contributed by atoms with Crippen molar-refractivity contribution in [3.8, 4) is 6.07 Å². The van der Waals surface area contributed by atoms with Gasteiger partial charge in [0.25, 0.3) is 5.56 Å². The standard InChI is InChI=1S/C26H22N4O2/c27-15-5-17-29-19-21(23-6-1-2-7-24(23)29)11-14-25(31)28-22-12-9-20(10-13-22)18-30-16-4-3-8-26(30)32/h1-4,6-14,16,19H,5,17-18H2,(H,28,31)/b14-11+. The summed E-state index contributed by atoms with van der Waals surface area (Å²) in [5.41, 5.74) is 3.56. The molecule has 0 saturated carbocycles. The Labute approximate surface area is 185 Å². The summed E-state index contributed by atoms with van der Waals surface area (Å²) in [6, 6.07) is 22.6. The predicted molar refractivity (Wildman–Crippen MR) is 126 cm³/mol. The zero-order valence-corrected chi connectivity index (χ0v) is 17.4. The monoisotopic (exact) mass is 422 g/mol. The Hall–Kier alpha value is -4.37. The number of nitrogens with zero attached hydrogens (tertiary/aromatic N) is 3. The molecule has 2 heterocycles. The van der Waals surface area contributed by atoms with Crippen LogP contribution >= 0.6 is 0 Å². The van der Waals surface area contributed by atoms with Crippen LogP contribution in [0.1, 0.15) is 17.5 Å². The number of carbonyl (C=O) groups is 1. The Morgan fingerprint density at radius 2 is 1.78 bits per heavy atom. The number of rotatable bonds is 7. The lowest BCUT2D eigenvalue weighted by Gasteiger charge is -2.07. The van der Waals surface area contributed by atoms with Gasteiger partial charge in [-0.25, -0.2) is 0 Å². The average Bonchev–Trinajstić information content (AvgIpc) is 3.17. The van der Waals surface area contributed by atoms with Crippen LogP contribution < -0.4 is 10.9 Å². The van der Waals surface area contributed by atoms with Crippen LogP contribution in [-0.4, -0.2) is 15.0 Å². The van der Waals surface area contributed by atoms with E-state index in [-0.39, 0.29) is 11.5 Å². The first kappa shape index (κ1) is 20.9. The average molecular weight is 422 g/mol. The number of pyridine rings is 1. The van der Waals surface area contributed by atoms with Gasteiger partial charge < -0.3 is 14.5 Å². The number of nitriles is 1. The summed E-state index contributed by atoms with van der Waals surface area (Å²) in [5, 5.41) is 12.8. The van der Waals surface area contributed by atoms with E-state index in [1.54, 1.807) is 22.9 Å². The minimum Gasteiger partial charge on any atom is -0.346 e. The summed E-state index contributed by atoms with van der Waals surface area (Å²) in [7, 11) is 0. The van der Waals surface area contributed by atoms with Gasteiger partial charge in [0.2, 0.25) is 5.91 Å². The molecule has 158 valence electrons. The smallest absolute Gasteiger partial charge is 0.250 e. The molecule has 0 fully saturated rings. The van der Waals surface area contributed by atoms with Gasteiger partial charge in [-0.1, -0.05) is 36.4 Å². The van der Waals surface area contributed by atoms with Crippen molar-refractivity contribution in [2.24, 2.45) is 0 Å². The highest BCUT2D eigenvalue weighted by molar-refractivity contribution is 6.03. The number of carbonyl (C=O) groups excluding carboxylic acids is 1. The van der Waals surface area contributed by atoms with Crippen LogP contribution in [0.15, 0.2) is 90.0 Å². The first-order valence-corrected chi connectivity index (χ1v) is 10.3. The molecule has 0 saturated heterocycles. The van der Waals surface area contributed by atoms with E-state index in [0.717, 1.165) is 22.0 Å². The van der Waals surface area contributed by atoms with E-state index in [0.29, 0.717) is 25.2 Å². The first-order valence-electron chi connectivity index (χ1n) is 10.3. The molecular formula is C26H22N4O2. The molecule has 0 atom stereocenters. The quantitative estimate of drug-likeness (QED) is 0.448. The Bertz CT molecular complexity index is 1370. The molecule has 0 aliphatic rings. The van der Waals surface area contributed by atoms with E-state index < -0.39 is 0 Å². The van der Waals surface area contributed by atoms with E-state index >= 15 is 0 Å². The lowest BCUT2D eigenvalue weighted by Crippen LogP contribution is -2.18. The first-order chi connectivity index (χ1) is 15.6. The molecule has 32 heavy (non-hydrogen) atoms. The van der Waals surface area contributed by atoms with Crippen LogP contribution in [-0.2, 0) is 17.9 Å². The van der Waals surface area contributed by atoms with Crippen LogP contribution in [0.25, 0.3) is 17.0 Å². The molecule has 0 radical (unpaired) electrons. The molecule has 6 nitrogen and oxygen atoms in total. The molecule has 6 heteroatoms. The number of para-hydroxylation sites is 1. The highest BCUT2D eigenvalue weighted by Gasteiger charge is 2.06. The molecule has 4 aromatic rings. The predicted octanol–water partition coefficient (Wildman–Crippen LogP) is 4.42. The molecule has 1 amide bonds. The summed E-state index contributed by atoms with van der Waals surface area (Å²) < 4.78 is 3.66. The number of fused-ring (bicyclic) bond motifs is 1. The number of nitrogens with one attached hydrogen (secondary N) is 1. The van der Waals surface area contributed by atoms with Crippen molar-refractivity contribution in [1.29, 1.82) is 5.26 Å². The lowest BCUT2D eigenvalue weighted by molar-refractivity contribution is -0.111. The van der Waals surface area contributed by atoms with Crippen molar-refractivity contribution < 1.29 is 4.79 Å². The van der Waals surface area contributed by atoms with Crippen molar-refractivity contribution in [3.63, 3.8) is 0 Å². The van der Waals surface area contributed by atoms with Crippen LogP contribution in [0, 0.1) is 11.3 Å². The minimum absolute atomic E-state index is 0.0519. The van der Waals surface area contributed by atoms with E-state index in [1.165, 1.54) is 12.1 Å². The van der Waals surface area contributed by atoms with Gasteiger partial charge in [-0.05, 0) is 35.9 Å². The topological polar surface area (TPSA) is 79.8 Å². The highest BCUT2D eigenvalue weighted by Crippen LogP contribution is 2.23. The highest BCUT2D eigenvalue weighted by atomic mass is 16.1. The fourth-order valence-corrected chi connectivity index (χ4v) is 3.59. The van der Waals surface area contributed by atoms with Gasteiger partial charge >= 0.3 is 0 Å². The van der Waals surface area contributed by atoms with E-state index in [1.807, 2.05) is 65.4 Å². The molecular weight excluding hydrogens is 400 g/mol. The number of anilines is 1. The maximum absolute atomic E-state index is 12.4. The number of aryl methyl sites for hydroxylation is 1. The summed E-state index contributed by atoms with van der Waals surface area (Å²) in [6.07, 6.45) is 7.44. The number of amides is 1. The Morgan fingerprint density at radius 3 is 2.56 bits per heavy atom. The van der Waals surface area contributed by atoms with Gasteiger partial charge in [-0.15, -0.1) is 0 Å². The van der Waals surface area contributed by atoms with Crippen molar-refractivity contribution in [3.05, 3.63) is 107 Å². The van der Waals surface area contributed by atoms with Crippen LogP contribution in [0.5, 0.6) is 0 Å².